The minimum atomic E-state index is -0.167. The maximum absolute atomic E-state index is 11.5. The summed E-state index contributed by atoms with van der Waals surface area (Å²) in [5.41, 5.74) is 3.28. The van der Waals surface area contributed by atoms with Gasteiger partial charge in [0, 0.05) is 24.0 Å². The van der Waals surface area contributed by atoms with Crippen molar-refractivity contribution in [3.05, 3.63) is 71.5 Å². The van der Waals surface area contributed by atoms with Crippen molar-refractivity contribution in [3.63, 3.8) is 0 Å². The highest BCUT2D eigenvalue weighted by Crippen LogP contribution is 2.20. The highest BCUT2D eigenvalue weighted by atomic mass is 16.1. The van der Waals surface area contributed by atoms with Crippen molar-refractivity contribution >= 4 is 5.65 Å². The van der Waals surface area contributed by atoms with Crippen LogP contribution >= 0.6 is 0 Å². The van der Waals surface area contributed by atoms with Gasteiger partial charge < -0.3 is 4.98 Å². The predicted octanol–water partition coefficient (Wildman–Crippen LogP) is 1.88. The summed E-state index contributed by atoms with van der Waals surface area (Å²) in [6.45, 7) is 0. The first-order valence-electron chi connectivity index (χ1n) is 6.48. The minimum absolute atomic E-state index is 0.167. The molecule has 0 spiro atoms. The smallest absolute Gasteiger partial charge is 0.251 e. The second-order valence-corrected chi connectivity index (χ2v) is 4.67. The monoisotopic (exact) mass is 277 g/mol. The number of H-pyrrole nitrogens is 1. The first-order chi connectivity index (χ1) is 10.3. The van der Waals surface area contributed by atoms with Gasteiger partial charge in [0.1, 0.15) is 5.69 Å². The summed E-state index contributed by atoms with van der Waals surface area (Å²) >= 11 is 0. The number of hydrogen-bond donors (Lipinski definition) is 1. The Labute approximate surface area is 119 Å². The van der Waals surface area contributed by atoms with E-state index in [9.17, 15) is 4.79 Å². The van der Waals surface area contributed by atoms with Gasteiger partial charge in [0.15, 0.2) is 5.65 Å². The Morgan fingerprint density at radius 2 is 1.81 bits per heavy atom. The quantitative estimate of drug-likeness (QED) is 0.608. The molecule has 0 amide bonds. The summed E-state index contributed by atoms with van der Waals surface area (Å²) in [7, 11) is 0. The third kappa shape index (κ3) is 1.93. The van der Waals surface area contributed by atoms with Crippen LogP contribution in [0.2, 0.25) is 0 Å². The Kier molecular flexibility index (Phi) is 2.47. The fourth-order valence-corrected chi connectivity index (χ4v) is 2.29. The molecule has 0 saturated heterocycles. The van der Waals surface area contributed by atoms with Crippen LogP contribution in [0.25, 0.3) is 22.5 Å². The van der Waals surface area contributed by atoms with Crippen LogP contribution in [0, 0.1) is 0 Å². The molecule has 102 valence electrons. The van der Waals surface area contributed by atoms with E-state index in [0.29, 0.717) is 5.65 Å². The van der Waals surface area contributed by atoms with E-state index in [-0.39, 0.29) is 5.56 Å². The molecule has 6 heteroatoms. The summed E-state index contributed by atoms with van der Waals surface area (Å²) in [6.07, 6.45) is 7.00. The molecule has 6 nitrogen and oxygen atoms in total. The number of nitrogens with one attached hydrogen (secondary N) is 1. The number of aromatic amines is 1. The second kappa shape index (κ2) is 4.45. The standard InChI is InChI=1S/C15H11N5O/c21-14-6-7-19-15(18-14)13(9-17-19)20-10-12(8-16-20)11-4-2-1-3-5-11/h1-10H,(H,18,21). The van der Waals surface area contributed by atoms with Crippen LogP contribution in [0.3, 0.4) is 0 Å². The van der Waals surface area contributed by atoms with E-state index in [0.717, 1.165) is 16.8 Å². The first kappa shape index (κ1) is 11.7. The first-order valence-corrected chi connectivity index (χ1v) is 6.48. The molecule has 0 atom stereocenters. The molecule has 0 saturated carbocycles. The zero-order chi connectivity index (χ0) is 14.2. The van der Waals surface area contributed by atoms with Crippen molar-refractivity contribution in [1.29, 1.82) is 0 Å². The number of rotatable bonds is 2. The lowest BCUT2D eigenvalue weighted by Gasteiger charge is -1.98. The molecular formula is C15H11N5O. The van der Waals surface area contributed by atoms with Crippen molar-refractivity contribution < 1.29 is 0 Å². The van der Waals surface area contributed by atoms with E-state index in [1.165, 1.54) is 6.07 Å². The fraction of sp³-hybridized carbons (Fsp3) is 0. The van der Waals surface area contributed by atoms with E-state index in [1.807, 2.05) is 36.5 Å². The third-order valence-electron chi connectivity index (χ3n) is 3.32. The van der Waals surface area contributed by atoms with Gasteiger partial charge in [-0.05, 0) is 5.56 Å². The Morgan fingerprint density at radius 1 is 0.952 bits per heavy atom. The summed E-state index contributed by atoms with van der Waals surface area (Å²) in [5.74, 6) is 0. The van der Waals surface area contributed by atoms with Crippen molar-refractivity contribution in [2.75, 3.05) is 0 Å². The lowest BCUT2D eigenvalue weighted by atomic mass is 10.1. The van der Waals surface area contributed by atoms with E-state index in [1.54, 1.807) is 27.8 Å². The maximum atomic E-state index is 11.5. The van der Waals surface area contributed by atoms with Crippen molar-refractivity contribution in [2.45, 2.75) is 0 Å². The Balaban J connectivity index is 1.85. The fourth-order valence-electron chi connectivity index (χ4n) is 2.29. The minimum Gasteiger partial charge on any atom is -0.305 e. The maximum Gasteiger partial charge on any atom is 0.251 e. The molecule has 0 fully saturated rings. The number of hydrogen-bond acceptors (Lipinski definition) is 3. The molecule has 3 heterocycles. The molecule has 0 aliphatic rings. The van der Waals surface area contributed by atoms with Gasteiger partial charge in [-0.2, -0.15) is 10.2 Å². The highest BCUT2D eigenvalue weighted by Gasteiger charge is 2.09. The lowest BCUT2D eigenvalue weighted by Crippen LogP contribution is -2.07. The van der Waals surface area contributed by atoms with Gasteiger partial charge in [-0.3, -0.25) is 4.79 Å². The average Bonchev–Trinajstić information content (AvgIpc) is 3.14. The molecule has 4 rings (SSSR count). The summed E-state index contributed by atoms with van der Waals surface area (Å²) in [6, 6.07) is 11.4. The Morgan fingerprint density at radius 3 is 2.67 bits per heavy atom. The molecule has 3 aromatic heterocycles. The molecule has 0 aliphatic heterocycles. The van der Waals surface area contributed by atoms with Crippen molar-refractivity contribution in [1.82, 2.24) is 24.4 Å². The van der Waals surface area contributed by atoms with Crippen LogP contribution < -0.4 is 5.56 Å². The molecule has 21 heavy (non-hydrogen) atoms. The van der Waals surface area contributed by atoms with Crippen LogP contribution in [0.1, 0.15) is 0 Å². The molecule has 1 aromatic carbocycles. The van der Waals surface area contributed by atoms with Crippen LogP contribution in [0.4, 0.5) is 0 Å². The summed E-state index contributed by atoms with van der Waals surface area (Å²) < 4.78 is 3.32. The zero-order valence-corrected chi connectivity index (χ0v) is 11.0. The van der Waals surface area contributed by atoms with E-state index < -0.39 is 0 Å². The van der Waals surface area contributed by atoms with Gasteiger partial charge in [0.25, 0.3) is 5.56 Å². The SMILES string of the molecule is O=c1ccn2ncc(-n3cc(-c4ccccc4)cn3)c2[nH]1. The zero-order valence-electron chi connectivity index (χ0n) is 11.0. The molecule has 0 bridgehead atoms. The Hall–Kier alpha value is -3.15. The molecule has 1 N–H and O–H groups in total. The van der Waals surface area contributed by atoms with Gasteiger partial charge in [0.05, 0.1) is 12.4 Å². The van der Waals surface area contributed by atoms with Crippen LogP contribution in [-0.2, 0) is 0 Å². The second-order valence-electron chi connectivity index (χ2n) is 4.67. The van der Waals surface area contributed by atoms with E-state index in [4.69, 9.17) is 0 Å². The number of aromatic nitrogens is 5. The number of benzene rings is 1. The van der Waals surface area contributed by atoms with E-state index >= 15 is 0 Å². The Bertz CT molecular complexity index is 964. The molecule has 4 aromatic rings. The predicted molar refractivity (Wildman–Crippen MR) is 78.4 cm³/mol. The van der Waals surface area contributed by atoms with Gasteiger partial charge in [0.2, 0.25) is 0 Å². The van der Waals surface area contributed by atoms with Crippen molar-refractivity contribution in [2.24, 2.45) is 0 Å². The van der Waals surface area contributed by atoms with Crippen LogP contribution in [0.5, 0.6) is 0 Å². The lowest BCUT2D eigenvalue weighted by molar-refractivity contribution is 0.883. The largest absolute Gasteiger partial charge is 0.305 e. The number of nitrogens with zero attached hydrogens (tertiary/aromatic N) is 4. The summed E-state index contributed by atoms with van der Waals surface area (Å²) in [5, 5.41) is 8.56. The number of fused-ring (bicyclic) bond motifs is 1. The van der Waals surface area contributed by atoms with Crippen LogP contribution in [-0.4, -0.2) is 24.4 Å². The van der Waals surface area contributed by atoms with Gasteiger partial charge in [-0.1, -0.05) is 30.3 Å². The molecule has 0 unspecified atom stereocenters. The van der Waals surface area contributed by atoms with E-state index in [2.05, 4.69) is 15.2 Å². The summed E-state index contributed by atoms with van der Waals surface area (Å²) in [4.78, 5) is 14.2. The topological polar surface area (TPSA) is 68.0 Å². The van der Waals surface area contributed by atoms with Gasteiger partial charge in [-0.15, -0.1) is 0 Å². The van der Waals surface area contributed by atoms with Gasteiger partial charge in [-0.25, -0.2) is 9.20 Å². The normalized spacial score (nSPS) is 11.0. The van der Waals surface area contributed by atoms with Crippen LogP contribution in [0.15, 0.2) is 66.0 Å². The third-order valence-corrected chi connectivity index (χ3v) is 3.32. The highest BCUT2D eigenvalue weighted by molar-refractivity contribution is 5.64. The van der Waals surface area contributed by atoms with Gasteiger partial charge >= 0.3 is 0 Å². The molecule has 0 radical (unpaired) electrons. The average molecular weight is 277 g/mol. The molecular weight excluding hydrogens is 266 g/mol. The van der Waals surface area contributed by atoms with Crippen molar-refractivity contribution in [3.8, 4) is 16.8 Å². The molecule has 0 aliphatic carbocycles.